The topological polar surface area (TPSA) is 9.23 Å². The van der Waals surface area contributed by atoms with Gasteiger partial charge in [-0.3, -0.25) is 0 Å². The van der Waals surface area contributed by atoms with Gasteiger partial charge in [-0.05, 0) is 48.9 Å². The van der Waals surface area contributed by atoms with Gasteiger partial charge in [0.05, 0.1) is 0 Å². The molecule has 0 N–H and O–H groups in total. The van der Waals surface area contributed by atoms with Gasteiger partial charge in [-0.2, -0.15) is 0 Å². The van der Waals surface area contributed by atoms with E-state index in [1.165, 1.54) is 122 Å². The van der Waals surface area contributed by atoms with Gasteiger partial charge in [0, 0.05) is 33.9 Å². The molecule has 0 spiro atoms. The van der Waals surface area contributed by atoms with Crippen LogP contribution in [-0.2, 0) is 16.5 Å². The molecule has 0 amide bonds. The number of hydrogen-bond acceptors (Lipinski definition) is 3. The zero-order valence-electron chi connectivity index (χ0n) is 19.7. The summed E-state index contributed by atoms with van der Waals surface area (Å²) in [5.74, 6) is 0. The summed E-state index contributed by atoms with van der Waals surface area (Å²) >= 11 is 3.05. The molecule has 0 atom stereocenters. The first-order valence-corrected chi connectivity index (χ1v) is 14.0. The van der Waals surface area contributed by atoms with E-state index >= 15 is 0 Å². The Kier molecular flexibility index (Phi) is 15.0. The molecule has 0 aliphatic carbocycles. The minimum Gasteiger partial charge on any atom is -0.237 e. The highest BCUT2D eigenvalue weighted by Gasteiger charge is 2.07. The Hall–Kier alpha value is -0.900. The number of rotatable bonds is 18. The minimum absolute atomic E-state index is 1.15. The van der Waals surface area contributed by atoms with Crippen LogP contribution in [0.3, 0.4) is 0 Å². The molecule has 0 bridgehead atoms. The number of aryl methyl sites for hydroxylation is 2. The van der Waals surface area contributed by atoms with Crippen LogP contribution in [0, 0.1) is 0 Å². The average molecular weight is 459 g/mol. The Balaban J connectivity index is 1.75. The maximum Gasteiger partial charge on any atom is 0.0450 e. The van der Waals surface area contributed by atoms with Gasteiger partial charge in [-0.15, -0.1) is 0 Å². The summed E-state index contributed by atoms with van der Waals surface area (Å²) in [6.07, 6.45) is 18.4. The summed E-state index contributed by atoms with van der Waals surface area (Å²) < 4.78 is 6.04. The van der Waals surface area contributed by atoms with Crippen molar-refractivity contribution in [1.82, 2.24) is 0 Å². The first kappa shape index (κ1) is 26.4. The fourth-order valence-corrected chi connectivity index (χ4v) is 5.41. The third kappa shape index (κ3) is 11.5. The van der Waals surface area contributed by atoms with Crippen molar-refractivity contribution in [2.24, 2.45) is 0 Å². The number of unbranched alkanes of at least 4 members (excludes halogenated alkanes) is 10. The van der Waals surface area contributed by atoms with E-state index in [4.69, 9.17) is 3.63 Å². The molecular formula is C28H42OS2. The van der Waals surface area contributed by atoms with Gasteiger partial charge >= 0.3 is 0 Å². The summed E-state index contributed by atoms with van der Waals surface area (Å²) in [7, 11) is 0. The van der Waals surface area contributed by atoms with Gasteiger partial charge in [-0.25, -0.2) is 3.63 Å². The highest BCUT2D eigenvalue weighted by Crippen LogP contribution is 2.34. The molecule has 2 aromatic carbocycles. The van der Waals surface area contributed by atoms with E-state index in [2.05, 4.69) is 62.4 Å². The van der Waals surface area contributed by atoms with E-state index in [-0.39, 0.29) is 0 Å². The Morgan fingerprint density at radius 1 is 0.516 bits per heavy atom. The summed E-state index contributed by atoms with van der Waals surface area (Å²) in [6, 6.07) is 17.4. The lowest BCUT2D eigenvalue weighted by Crippen LogP contribution is -1.91. The predicted molar refractivity (Wildman–Crippen MR) is 140 cm³/mol. The largest absolute Gasteiger partial charge is 0.237 e. The quantitative estimate of drug-likeness (QED) is 0.162. The van der Waals surface area contributed by atoms with E-state index in [0.29, 0.717) is 0 Å². The molecule has 0 aliphatic heterocycles. The van der Waals surface area contributed by atoms with Gasteiger partial charge in [-0.1, -0.05) is 114 Å². The molecule has 172 valence electrons. The second-order valence-corrected chi connectivity index (χ2v) is 10.2. The minimum atomic E-state index is 1.15. The van der Waals surface area contributed by atoms with Crippen LogP contribution in [0.15, 0.2) is 58.3 Å². The van der Waals surface area contributed by atoms with E-state index < -0.39 is 0 Å². The van der Waals surface area contributed by atoms with E-state index in [1.807, 2.05) is 0 Å². The fraction of sp³-hybridized carbons (Fsp3) is 0.571. The molecule has 31 heavy (non-hydrogen) atoms. The Labute approximate surface area is 200 Å². The van der Waals surface area contributed by atoms with Crippen molar-refractivity contribution in [3.05, 3.63) is 59.7 Å². The lowest BCUT2D eigenvalue weighted by molar-refractivity contribution is 0.605. The molecule has 2 aromatic rings. The third-order valence-electron chi connectivity index (χ3n) is 5.79. The third-order valence-corrected chi connectivity index (χ3v) is 7.49. The molecule has 0 saturated heterocycles. The Morgan fingerprint density at radius 2 is 0.903 bits per heavy atom. The van der Waals surface area contributed by atoms with Crippen LogP contribution in [0.1, 0.15) is 102 Å². The Bertz CT molecular complexity index is 641. The second kappa shape index (κ2) is 17.6. The smallest absolute Gasteiger partial charge is 0.0450 e. The second-order valence-electron chi connectivity index (χ2n) is 8.49. The van der Waals surface area contributed by atoms with Crippen molar-refractivity contribution in [2.75, 3.05) is 0 Å². The van der Waals surface area contributed by atoms with E-state index in [9.17, 15) is 0 Å². The van der Waals surface area contributed by atoms with Gasteiger partial charge in [0.15, 0.2) is 0 Å². The van der Waals surface area contributed by atoms with Crippen LogP contribution in [0.4, 0.5) is 0 Å². The highest BCUT2D eigenvalue weighted by molar-refractivity contribution is 8.08. The molecular weight excluding hydrogens is 416 g/mol. The van der Waals surface area contributed by atoms with Gasteiger partial charge in [0.25, 0.3) is 0 Å². The first-order chi connectivity index (χ1) is 15.3. The van der Waals surface area contributed by atoms with Crippen LogP contribution in [0.25, 0.3) is 0 Å². The lowest BCUT2D eigenvalue weighted by atomic mass is 10.1. The number of hydrogen-bond donors (Lipinski definition) is 0. The van der Waals surface area contributed by atoms with Crippen molar-refractivity contribution in [3.63, 3.8) is 0 Å². The summed E-state index contributed by atoms with van der Waals surface area (Å²) in [6.45, 7) is 4.55. The summed E-state index contributed by atoms with van der Waals surface area (Å²) in [5.41, 5.74) is 2.84. The molecule has 2 rings (SSSR count). The number of benzene rings is 2. The van der Waals surface area contributed by atoms with Crippen LogP contribution >= 0.6 is 24.1 Å². The Morgan fingerprint density at radius 3 is 1.35 bits per heavy atom. The average Bonchev–Trinajstić information content (AvgIpc) is 2.80. The maximum atomic E-state index is 6.04. The van der Waals surface area contributed by atoms with Crippen molar-refractivity contribution < 1.29 is 3.63 Å². The van der Waals surface area contributed by atoms with Gasteiger partial charge in [0.1, 0.15) is 0 Å². The zero-order valence-corrected chi connectivity index (χ0v) is 21.4. The standard InChI is InChI=1S/C28H42OS2/c1-3-5-7-9-11-13-19-25-21-15-17-23-27(25)30-29-31-28-24-18-16-22-26(28)20-14-12-10-8-6-4-2/h15-18,21-24H,3-14,19-20H2,1-2H3. The van der Waals surface area contributed by atoms with E-state index in [0.717, 1.165) is 12.8 Å². The molecule has 0 radical (unpaired) electrons. The van der Waals surface area contributed by atoms with Crippen LogP contribution in [0.5, 0.6) is 0 Å². The van der Waals surface area contributed by atoms with Crippen molar-refractivity contribution in [2.45, 2.75) is 114 Å². The van der Waals surface area contributed by atoms with Crippen molar-refractivity contribution in [3.8, 4) is 0 Å². The van der Waals surface area contributed by atoms with Crippen LogP contribution < -0.4 is 0 Å². The molecule has 0 saturated carbocycles. The van der Waals surface area contributed by atoms with Gasteiger partial charge < -0.3 is 0 Å². The maximum absolute atomic E-state index is 6.04. The summed E-state index contributed by atoms with van der Waals surface area (Å²) in [5, 5.41) is 0. The zero-order chi connectivity index (χ0) is 22.0. The van der Waals surface area contributed by atoms with Crippen molar-refractivity contribution >= 4 is 24.1 Å². The predicted octanol–water partition coefficient (Wildman–Crippen LogP) is 10.2. The highest BCUT2D eigenvalue weighted by atomic mass is 32.2. The monoisotopic (exact) mass is 458 g/mol. The molecule has 1 nitrogen and oxygen atoms in total. The van der Waals surface area contributed by atoms with E-state index in [1.54, 1.807) is 0 Å². The first-order valence-electron chi connectivity index (χ1n) is 12.5. The normalized spacial score (nSPS) is 11.2. The molecule has 0 heterocycles. The molecule has 0 aliphatic rings. The summed E-state index contributed by atoms with van der Waals surface area (Å²) in [4.78, 5) is 2.52. The molecule has 3 heteroatoms. The lowest BCUT2D eigenvalue weighted by Gasteiger charge is -2.10. The molecule has 0 aromatic heterocycles. The fourth-order valence-electron chi connectivity index (χ4n) is 3.87. The van der Waals surface area contributed by atoms with Crippen LogP contribution in [-0.4, -0.2) is 0 Å². The van der Waals surface area contributed by atoms with Gasteiger partial charge in [0.2, 0.25) is 0 Å². The molecule has 0 fully saturated rings. The SMILES string of the molecule is CCCCCCCCc1ccccc1SOSc1ccccc1CCCCCCCC. The van der Waals surface area contributed by atoms with Crippen LogP contribution in [0.2, 0.25) is 0 Å². The molecule has 0 unspecified atom stereocenters. The van der Waals surface area contributed by atoms with Crippen molar-refractivity contribution in [1.29, 1.82) is 0 Å².